The number of hydrogen-bond donors (Lipinski definition) is 0. The summed E-state index contributed by atoms with van der Waals surface area (Å²) in [6.07, 6.45) is 0. The predicted molar refractivity (Wildman–Crippen MR) is 71.0 cm³/mol. The van der Waals surface area contributed by atoms with Gasteiger partial charge in [0.1, 0.15) is 0 Å². The molecule has 0 saturated carbocycles. The van der Waals surface area contributed by atoms with Crippen molar-refractivity contribution in [2.75, 3.05) is 0 Å². The quantitative estimate of drug-likeness (QED) is 0.682. The standard InChI is InChI=1S/2C4H11Si.BrH.Ga/c2*1-5(2,3)4;;/h2*1H2,2-4H3;1H;/q;;;+1/p-1. The van der Waals surface area contributed by atoms with Crippen LogP contribution >= 0.6 is 13.6 Å². The summed E-state index contributed by atoms with van der Waals surface area (Å²) in [5.74, 6) is 0. The molecule has 0 aliphatic heterocycles. The van der Waals surface area contributed by atoms with Crippen LogP contribution < -0.4 is 0 Å². The summed E-state index contributed by atoms with van der Waals surface area (Å²) in [6.45, 7) is 15.0. The minimum absolute atomic E-state index is 0.761. The van der Waals surface area contributed by atoms with Crippen molar-refractivity contribution < 1.29 is 0 Å². The van der Waals surface area contributed by atoms with E-state index in [9.17, 15) is 0 Å². The van der Waals surface area contributed by atoms with Crippen LogP contribution in [-0.2, 0) is 0 Å². The first-order valence-corrected chi connectivity index (χ1v) is 21.3. The van der Waals surface area contributed by atoms with Crippen molar-refractivity contribution >= 4 is 43.9 Å². The number of hydrogen-bond acceptors (Lipinski definition) is 0. The monoisotopic (exact) mass is 322 g/mol. The molecule has 4 heteroatoms. The van der Waals surface area contributed by atoms with Crippen molar-refractivity contribution in [1.82, 2.24) is 0 Å². The molecular weight excluding hydrogens is 302 g/mol. The van der Waals surface area contributed by atoms with Gasteiger partial charge in [-0.3, -0.25) is 0 Å². The molecule has 0 nitrogen and oxygen atoms in total. The molecule has 0 N–H and O–H groups in total. The van der Waals surface area contributed by atoms with Crippen LogP contribution in [0, 0.1) is 0 Å². The molecule has 0 amide bonds. The average Bonchev–Trinajstić information content (AvgIpc) is 1.49. The molecule has 12 heavy (non-hydrogen) atoms. The van der Waals surface area contributed by atoms with Gasteiger partial charge >= 0.3 is 92.4 Å². The van der Waals surface area contributed by atoms with Gasteiger partial charge in [-0.1, -0.05) is 0 Å². The molecule has 0 fully saturated rings. The zero-order valence-corrected chi connectivity index (χ0v) is 15.4. The third-order valence-corrected chi connectivity index (χ3v) is 36.1. The van der Waals surface area contributed by atoms with E-state index in [0.717, 1.165) is 0 Å². The van der Waals surface area contributed by atoms with Gasteiger partial charge in [0.15, 0.2) is 0 Å². The van der Waals surface area contributed by atoms with Crippen LogP contribution in [0.1, 0.15) is 0 Å². The maximum absolute atomic E-state index is 4.01. The molecule has 0 rings (SSSR count). The SMILES string of the molecule is C[Si](C)(C)[CH2][Ga]([Br])[CH2][Si](C)(C)C. The first-order valence-electron chi connectivity index (χ1n) is 4.74. The van der Waals surface area contributed by atoms with E-state index in [-0.39, 0.29) is 0 Å². The van der Waals surface area contributed by atoms with Gasteiger partial charge in [0.2, 0.25) is 0 Å². The number of rotatable bonds is 4. The Hall–Kier alpha value is 1.55. The molecule has 0 saturated heterocycles. The van der Waals surface area contributed by atoms with Crippen LogP contribution in [0.15, 0.2) is 0 Å². The first kappa shape index (κ1) is 13.6. The molecule has 0 aliphatic carbocycles. The second-order valence-electron chi connectivity index (χ2n) is 6.13. The molecule has 0 atom stereocenters. The third-order valence-electron chi connectivity index (χ3n) is 1.67. The number of halogens is 1. The minimum atomic E-state index is -0.973. The van der Waals surface area contributed by atoms with E-state index in [2.05, 4.69) is 52.8 Å². The second kappa shape index (κ2) is 4.87. The third kappa shape index (κ3) is 9.64. The Morgan fingerprint density at radius 2 is 1.08 bits per heavy atom. The molecule has 0 radical (unpaired) electrons. The zero-order valence-electron chi connectivity index (χ0n) is 9.37. The second-order valence-corrected chi connectivity index (χ2v) is 31.6. The van der Waals surface area contributed by atoms with Gasteiger partial charge in [-0.15, -0.1) is 0 Å². The van der Waals surface area contributed by atoms with Crippen LogP contribution in [0.25, 0.3) is 0 Å². The van der Waals surface area contributed by atoms with Crippen LogP contribution in [0.4, 0.5) is 0 Å². The molecule has 0 aromatic heterocycles. The fourth-order valence-electron chi connectivity index (χ4n) is 1.40. The van der Waals surface area contributed by atoms with E-state index < -0.39 is 30.4 Å². The van der Waals surface area contributed by atoms with E-state index in [1.165, 1.54) is 0 Å². The fourth-order valence-corrected chi connectivity index (χ4v) is 54.4. The summed E-state index contributed by atoms with van der Waals surface area (Å²) >= 11 is 3.03. The predicted octanol–water partition coefficient (Wildman–Crippen LogP) is 4.13. The summed E-state index contributed by atoms with van der Waals surface area (Å²) in [5, 5.41) is 0. The molecule has 0 heterocycles. The van der Waals surface area contributed by atoms with Gasteiger partial charge in [0.05, 0.1) is 0 Å². The Balaban J connectivity index is 3.83. The van der Waals surface area contributed by atoms with Gasteiger partial charge in [-0.2, -0.15) is 0 Å². The Bertz CT molecular complexity index is 121. The van der Waals surface area contributed by atoms with Crippen LogP contribution in [0.5, 0.6) is 0 Å². The van der Waals surface area contributed by atoms with E-state index in [1.807, 2.05) is 0 Å². The summed E-state index contributed by atoms with van der Waals surface area (Å²) in [4.78, 5) is 0. The van der Waals surface area contributed by atoms with Crippen molar-refractivity contribution in [3.8, 4) is 0 Å². The maximum atomic E-state index is 4.01. The van der Waals surface area contributed by atoms with Crippen LogP contribution in [0.2, 0.25) is 48.5 Å². The van der Waals surface area contributed by atoms with Crippen molar-refractivity contribution in [2.24, 2.45) is 0 Å². The van der Waals surface area contributed by atoms with Gasteiger partial charge in [0.25, 0.3) is 0 Å². The Morgan fingerprint density at radius 1 is 0.833 bits per heavy atom. The van der Waals surface area contributed by atoms with Crippen molar-refractivity contribution in [1.29, 1.82) is 0 Å². The van der Waals surface area contributed by atoms with Crippen molar-refractivity contribution in [3.05, 3.63) is 0 Å². The summed E-state index contributed by atoms with van der Waals surface area (Å²) in [7, 11) is -1.52. The molecule has 0 aromatic rings. The van der Waals surface area contributed by atoms with Crippen LogP contribution in [-0.4, -0.2) is 30.4 Å². The first-order chi connectivity index (χ1) is 5.10. The van der Waals surface area contributed by atoms with E-state index in [4.69, 9.17) is 0 Å². The van der Waals surface area contributed by atoms with Gasteiger partial charge < -0.3 is 0 Å². The Kier molecular flexibility index (Phi) is 5.49. The van der Waals surface area contributed by atoms with E-state index >= 15 is 0 Å². The van der Waals surface area contributed by atoms with E-state index in [1.54, 1.807) is 9.20 Å². The van der Waals surface area contributed by atoms with Crippen molar-refractivity contribution in [3.63, 3.8) is 0 Å². The summed E-state index contributed by atoms with van der Waals surface area (Å²) < 4.78 is 3.23. The fraction of sp³-hybridized carbons (Fsp3) is 1.00. The molecule has 0 bridgehead atoms. The molecule has 0 spiro atoms. The summed E-state index contributed by atoms with van der Waals surface area (Å²) in [6, 6.07) is 0. The van der Waals surface area contributed by atoms with Gasteiger partial charge in [-0.05, 0) is 0 Å². The molecule has 0 aromatic carbocycles. The topological polar surface area (TPSA) is 0 Å². The normalized spacial score (nSPS) is 13.2. The Labute approximate surface area is 91.9 Å². The molecule has 0 unspecified atom stereocenters. The van der Waals surface area contributed by atoms with Crippen LogP contribution in [0.3, 0.4) is 0 Å². The zero-order chi connectivity index (χ0) is 9.99. The Morgan fingerprint density at radius 3 is 1.25 bits per heavy atom. The van der Waals surface area contributed by atoms with Crippen molar-refractivity contribution in [2.45, 2.75) is 48.5 Å². The molecule has 0 aliphatic rings. The average molecular weight is 324 g/mol. The molecule has 72 valence electrons. The van der Waals surface area contributed by atoms with E-state index in [0.29, 0.717) is 0 Å². The van der Waals surface area contributed by atoms with Gasteiger partial charge in [-0.25, -0.2) is 0 Å². The summed E-state index contributed by atoms with van der Waals surface area (Å²) in [5.41, 5.74) is 0. The molecular formula is C8H22BrGaSi2. The van der Waals surface area contributed by atoms with Gasteiger partial charge in [0, 0.05) is 0 Å².